The lowest BCUT2D eigenvalue weighted by Crippen LogP contribution is -2.47. The number of esters is 1. The van der Waals surface area contributed by atoms with Gasteiger partial charge in [0.05, 0.1) is 20.1 Å². The van der Waals surface area contributed by atoms with Crippen LogP contribution >= 0.6 is 0 Å². The smallest absolute Gasteiger partial charge is 0.325 e. The summed E-state index contributed by atoms with van der Waals surface area (Å²) in [5.41, 5.74) is 0.195. The van der Waals surface area contributed by atoms with Crippen molar-refractivity contribution >= 4 is 23.8 Å². The number of hydrogen-bond donors (Lipinski definition) is 1. The average Bonchev–Trinajstić information content (AvgIpc) is 2.97. The molecule has 0 saturated carbocycles. The van der Waals surface area contributed by atoms with Gasteiger partial charge in [-0.25, -0.2) is 4.79 Å². The van der Waals surface area contributed by atoms with Gasteiger partial charge in [0.25, 0.3) is 5.91 Å². The van der Waals surface area contributed by atoms with Crippen molar-refractivity contribution in [3.63, 3.8) is 0 Å². The Balaban J connectivity index is 1.69. The first kappa shape index (κ1) is 21.6. The van der Waals surface area contributed by atoms with Gasteiger partial charge in [0.15, 0.2) is 0 Å². The molecule has 2 aliphatic rings. The predicted molar refractivity (Wildman–Crippen MR) is 107 cm³/mol. The van der Waals surface area contributed by atoms with Crippen LogP contribution in [0.4, 0.5) is 4.79 Å². The molecule has 1 aromatic rings. The number of carbonyl (C=O) groups is 4. The third-order valence-electron chi connectivity index (χ3n) is 5.92. The van der Waals surface area contributed by atoms with E-state index in [1.165, 1.54) is 7.11 Å². The lowest BCUT2D eigenvalue weighted by Gasteiger charge is -2.31. The minimum atomic E-state index is -1.26. The van der Waals surface area contributed by atoms with Crippen molar-refractivity contribution in [2.75, 3.05) is 33.9 Å². The van der Waals surface area contributed by atoms with Gasteiger partial charge in [0.2, 0.25) is 5.91 Å². The third kappa shape index (κ3) is 3.83. The quantitative estimate of drug-likeness (QED) is 0.570. The van der Waals surface area contributed by atoms with Crippen molar-refractivity contribution < 1.29 is 28.7 Å². The van der Waals surface area contributed by atoms with E-state index in [1.807, 2.05) is 6.92 Å². The van der Waals surface area contributed by atoms with Crippen molar-refractivity contribution in [3.05, 3.63) is 29.3 Å². The Labute approximate surface area is 175 Å². The van der Waals surface area contributed by atoms with E-state index >= 15 is 0 Å². The van der Waals surface area contributed by atoms with E-state index in [0.717, 1.165) is 10.5 Å². The van der Waals surface area contributed by atoms with Gasteiger partial charge in [-0.05, 0) is 49.9 Å². The van der Waals surface area contributed by atoms with Crippen LogP contribution in [0.25, 0.3) is 0 Å². The summed E-state index contributed by atoms with van der Waals surface area (Å²) in [5.74, 6) is -0.618. The number of aryl methyl sites for hydroxylation is 1. The van der Waals surface area contributed by atoms with Crippen molar-refractivity contribution in [2.45, 2.75) is 32.2 Å². The van der Waals surface area contributed by atoms with Gasteiger partial charge in [-0.3, -0.25) is 19.3 Å². The molecule has 1 aromatic carbocycles. The maximum atomic E-state index is 13.1. The third-order valence-corrected chi connectivity index (χ3v) is 5.92. The summed E-state index contributed by atoms with van der Waals surface area (Å²) in [5, 5.41) is 2.71. The molecule has 0 radical (unpaired) electrons. The minimum absolute atomic E-state index is 0.225. The van der Waals surface area contributed by atoms with Crippen molar-refractivity contribution in [3.8, 4) is 5.75 Å². The predicted octanol–water partition coefficient (Wildman–Crippen LogP) is 1.18. The van der Waals surface area contributed by atoms with Crippen molar-refractivity contribution in [1.29, 1.82) is 0 Å². The normalized spacial score (nSPS) is 22.1. The summed E-state index contributed by atoms with van der Waals surface area (Å²) >= 11 is 0. The molecule has 162 valence electrons. The van der Waals surface area contributed by atoms with Crippen LogP contribution in [0, 0.1) is 12.8 Å². The highest BCUT2D eigenvalue weighted by atomic mass is 16.5. The van der Waals surface area contributed by atoms with Crippen LogP contribution in [0.3, 0.4) is 0 Å². The number of imide groups is 1. The topological polar surface area (TPSA) is 105 Å². The highest BCUT2D eigenvalue weighted by Crippen LogP contribution is 2.32. The van der Waals surface area contributed by atoms with Gasteiger partial charge in [-0.1, -0.05) is 6.07 Å². The number of hydrogen-bond acceptors (Lipinski definition) is 6. The zero-order valence-electron chi connectivity index (χ0n) is 17.7. The zero-order valence-corrected chi connectivity index (χ0v) is 17.7. The minimum Gasteiger partial charge on any atom is -0.496 e. The monoisotopic (exact) mass is 417 g/mol. The van der Waals surface area contributed by atoms with Crippen LogP contribution < -0.4 is 10.1 Å². The molecule has 9 heteroatoms. The van der Waals surface area contributed by atoms with E-state index in [-0.39, 0.29) is 24.3 Å². The van der Waals surface area contributed by atoms with Gasteiger partial charge in [-0.2, -0.15) is 0 Å². The van der Waals surface area contributed by atoms with E-state index in [4.69, 9.17) is 9.47 Å². The van der Waals surface area contributed by atoms with Crippen molar-refractivity contribution in [1.82, 2.24) is 15.1 Å². The van der Waals surface area contributed by atoms with Gasteiger partial charge in [-0.15, -0.1) is 0 Å². The molecule has 2 aliphatic heterocycles. The molecule has 2 heterocycles. The molecule has 0 aliphatic carbocycles. The Morgan fingerprint density at radius 2 is 1.87 bits per heavy atom. The van der Waals surface area contributed by atoms with Gasteiger partial charge in [0.1, 0.15) is 17.8 Å². The lowest BCUT2D eigenvalue weighted by atomic mass is 9.90. The van der Waals surface area contributed by atoms with Gasteiger partial charge in [0, 0.05) is 13.1 Å². The summed E-state index contributed by atoms with van der Waals surface area (Å²) in [4.78, 5) is 52.5. The molecule has 4 amide bonds. The molecule has 0 aromatic heterocycles. The SMILES string of the molecule is COC(=O)C1CCN(C(=O)CN2C(=O)NC(C)(c3ccc(OC)c(C)c3)C2=O)CC1. The molecule has 0 bridgehead atoms. The Morgan fingerprint density at radius 1 is 1.20 bits per heavy atom. The molecule has 0 spiro atoms. The number of carbonyl (C=O) groups excluding carboxylic acids is 4. The number of likely N-dealkylation sites (tertiary alicyclic amines) is 1. The molecule has 1 atom stereocenters. The number of benzene rings is 1. The first-order valence-corrected chi connectivity index (χ1v) is 9.86. The van der Waals surface area contributed by atoms with Gasteiger partial charge >= 0.3 is 12.0 Å². The zero-order chi connectivity index (χ0) is 22.1. The number of ether oxygens (including phenoxy) is 2. The first-order chi connectivity index (χ1) is 14.2. The molecule has 2 fully saturated rings. The van der Waals surface area contributed by atoms with Crippen LogP contribution in [0.5, 0.6) is 5.75 Å². The molecule has 9 nitrogen and oxygen atoms in total. The molecule has 2 saturated heterocycles. The number of nitrogens with one attached hydrogen (secondary N) is 1. The summed E-state index contributed by atoms with van der Waals surface area (Å²) < 4.78 is 10.0. The number of piperidine rings is 1. The van der Waals surface area contributed by atoms with E-state index in [9.17, 15) is 19.2 Å². The molecular formula is C21H27N3O6. The molecule has 1 unspecified atom stereocenters. The van der Waals surface area contributed by atoms with Crippen LogP contribution in [-0.2, 0) is 24.7 Å². The van der Waals surface area contributed by atoms with Crippen LogP contribution in [0.15, 0.2) is 18.2 Å². The largest absolute Gasteiger partial charge is 0.496 e. The second kappa shape index (κ2) is 8.33. The number of urea groups is 1. The Bertz CT molecular complexity index is 877. The first-order valence-electron chi connectivity index (χ1n) is 9.86. The van der Waals surface area contributed by atoms with Crippen molar-refractivity contribution in [2.24, 2.45) is 5.92 Å². The second-order valence-corrected chi connectivity index (χ2v) is 7.81. The molecule has 1 N–H and O–H groups in total. The fourth-order valence-corrected chi connectivity index (χ4v) is 3.99. The van der Waals surface area contributed by atoms with Crippen LogP contribution in [0.1, 0.15) is 30.9 Å². The number of methoxy groups -OCH3 is 2. The number of nitrogens with zero attached hydrogens (tertiary/aromatic N) is 2. The highest BCUT2D eigenvalue weighted by molar-refractivity contribution is 6.09. The fourth-order valence-electron chi connectivity index (χ4n) is 3.99. The Kier molecular flexibility index (Phi) is 6.00. The lowest BCUT2D eigenvalue weighted by molar-refractivity contribution is -0.149. The average molecular weight is 417 g/mol. The molecule has 30 heavy (non-hydrogen) atoms. The summed E-state index contributed by atoms with van der Waals surface area (Å²) in [6.07, 6.45) is 1.00. The summed E-state index contributed by atoms with van der Waals surface area (Å²) in [7, 11) is 2.91. The fraction of sp³-hybridized carbons (Fsp3) is 0.524. The summed E-state index contributed by atoms with van der Waals surface area (Å²) in [6.45, 7) is 3.92. The standard InChI is InChI=1S/C21H27N3O6/c1-13-11-15(5-6-16(13)29-3)21(2)19(27)24(20(28)22-21)12-17(25)23-9-7-14(8-10-23)18(26)30-4/h5-6,11,14H,7-10,12H2,1-4H3,(H,22,28). The second-order valence-electron chi connectivity index (χ2n) is 7.81. The molecular weight excluding hydrogens is 390 g/mol. The van der Waals surface area contributed by atoms with Crippen LogP contribution in [-0.4, -0.2) is 67.5 Å². The van der Waals surface area contributed by atoms with E-state index in [2.05, 4.69) is 5.32 Å². The molecule has 3 rings (SSSR count). The van der Waals surface area contributed by atoms with Gasteiger partial charge < -0.3 is 19.7 Å². The van der Waals surface area contributed by atoms with Crippen LogP contribution in [0.2, 0.25) is 0 Å². The maximum absolute atomic E-state index is 13.1. The number of rotatable bonds is 5. The Hall–Kier alpha value is -3.10. The van der Waals surface area contributed by atoms with E-state index in [0.29, 0.717) is 37.2 Å². The van der Waals surface area contributed by atoms with E-state index in [1.54, 1.807) is 37.1 Å². The van der Waals surface area contributed by atoms with E-state index < -0.39 is 17.5 Å². The Morgan fingerprint density at radius 3 is 2.43 bits per heavy atom. The maximum Gasteiger partial charge on any atom is 0.325 e. The highest BCUT2D eigenvalue weighted by Gasteiger charge is 2.50. The number of amides is 4. The summed E-state index contributed by atoms with van der Waals surface area (Å²) in [6, 6.07) is 4.66.